The number of hydrogen-bond donors (Lipinski definition) is 2. The Morgan fingerprint density at radius 2 is 1.82 bits per heavy atom. The van der Waals surface area contributed by atoms with Crippen LogP contribution >= 0.6 is 0 Å². The molecule has 0 heterocycles. The van der Waals surface area contributed by atoms with Gasteiger partial charge in [0, 0.05) is 13.5 Å². The van der Waals surface area contributed by atoms with E-state index in [4.69, 9.17) is 15.0 Å². The zero-order chi connectivity index (χ0) is 8.69. The second kappa shape index (κ2) is 6.16. The minimum Gasteiger partial charge on any atom is -0.481 e. The van der Waals surface area contributed by atoms with Crippen LogP contribution in [0.2, 0.25) is 0 Å². The van der Waals surface area contributed by atoms with Gasteiger partial charge in [-0.2, -0.15) is 0 Å². The van der Waals surface area contributed by atoms with Gasteiger partial charge in [0.05, 0.1) is 0 Å². The fourth-order valence-electron chi connectivity index (χ4n) is 1.19. The molecule has 3 heteroatoms. The highest BCUT2D eigenvalue weighted by atomic mass is 16.4. The second-order valence-electron chi connectivity index (χ2n) is 2.85. The summed E-state index contributed by atoms with van der Waals surface area (Å²) >= 11 is 0. The summed E-state index contributed by atoms with van der Waals surface area (Å²) in [5.74, 6) is -0.181. The van der Waals surface area contributed by atoms with Crippen molar-refractivity contribution in [3.8, 4) is 0 Å². The molecule has 3 nitrogen and oxygen atoms in total. The van der Waals surface area contributed by atoms with Crippen molar-refractivity contribution < 1.29 is 15.0 Å². The number of carboxylic acid groups (broad SMARTS) is 1. The first kappa shape index (κ1) is 10.4. The van der Waals surface area contributed by atoms with Gasteiger partial charge in [0.1, 0.15) is 0 Å². The number of carboxylic acids is 1. The van der Waals surface area contributed by atoms with Crippen molar-refractivity contribution in [3.63, 3.8) is 0 Å². The van der Waals surface area contributed by atoms with Crippen LogP contribution in [0.4, 0.5) is 0 Å². The Labute approximate surface area is 67.0 Å². The molecule has 0 atom stereocenters. The largest absolute Gasteiger partial charge is 0.481 e. The number of aliphatic carboxylic acids is 1. The number of rotatable bonds is 1. The highest BCUT2D eigenvalue weighted by molar-refractivity contribution is 5.62. The molecule has 0 aromatic heterocycles. The monoisotopic (exact) mass is 160 g/mol. The third-order valence-electron chi connectivity index (χ3n) is 1.73. The van der Waals surface area contributed by atoms with Gasteiger partial charge in [-0.15, -0.1) is 0 Å². The average molecular weight is 160 g/mol. The highest BCUT2D eigenvalue weighted by Crippen LogP contribution is 2.23. The molecular formula is C8H16O3. The summed E-state index contributed by atoms with van der Waals surface area (Å²) in [7, 11) is 0. The Hall–Kier alpha value is -0.570. The molecule has 1 saturated carbocycles. The van der Waals surface area contributed by atoms with Crippen molar-refractivity contribution >= 4 is 5.97 Å². The molecule has 1 aliphatic rings. The van der Waals surface area contributed by atoms with Crippen LogP contribution < -0.4 is 0 Å². The van der Waals surface area contributed by atoms with Crippen LogP contribution in [0, 0.1) is 5.92 Å². The molecule has 0 radical (unpaired) electrons. The van der Waals surface area contributed by atoms with Gasteiger partial charge in [0.2, 0.25) is 0 Å². The van der Waals surface area contributed by atoms with E-state index in [1.165, 1.54) is 25.7 Å². The molecule has 0 amide bonds. The summed E-state index contributed by atoms with van der Waals surface area (Å²) in [5.41, 5.74) is 0. The van der Waals surface area contributed by atoms with E-state index in [2.05, 4.69) is 0 Å². The van der Waals surface area contributed by atoms with E-state index >= 15 is 0 Å². The zero-order valence-electron chi connectivity index (χ0n) is 6.92. The third-order valence-corrected chi connectivity index (χ3v) is 1.73. The van der Waals surface area contributed by atoms with Crippen molar-refractivity contribution in [2.45, 2.75) is 32.6 Å². The number of carbonyl (C=O) groups is 1. The lowest BCUT2D eigenvalue weighted by molar-refractivity contribution is -0.134. The van der Waals surface area contributed by atoms with Gasteiger partial charge >= 0.3 is 0 Å². The maximum atomic E-state index is 9.00. The predicted molar refractivity (Wildman–Crippen MR) is 42.4 cm³/mol. The Balaban J connectivity index is 0.000000218. The number of aliphatic hydroxyl groups excluding tert-OH is 1. The Morgan fingerprint density at radius 3 is 2.00 bits per heavy atom. The minimum absolute atomic E-state index is 0.417. The quantitative estimate of drug-likeness (QED) is 0.607. The maximum absolute atomic E-state index is 9.00. The molecule has 2 N–H and O–H groups in total. The highest BCUT2D eigenvalue weighted by Gasteiger charge is 2.12. The van der Waals surface area contributed by atoms with Crippen molar-refractivity contribution in [1.82, 2.24) is 0 Å². The lowest BCUT2D eigenvalue weighted by Crippen LogP contribution is -1.97. The molecule has 0 unspecified atom stereocenters. The van der Waals surface area contributed by atoms with E-state index in [0.717, 1.165) is 6.92 Å². The van der Waals surface area contributed by atoms with E-state index < -0.39 is 5.97 Å². The Morgan fingerprint density at radius 1 is 1.45 bits per heavy atom. The fraction of sp³-hybridized carbons (Fsp3) is 0.875. The molecule has 1 rings (SSSR count). The second-order valence-corrected chi connectivity index (χ2v) is 2.85. The van der Waals surface area contributed by atoms with Crippen molar-refractivity contribution in [2.24, 2.45) is 5.92 Å². The normalized spacial score (nSPS) is 17.3. The molecular weight excluding hydrogens is 144 g/mol. The fourth-order valence-corrected chi connectivity index (χ4v) is 1.19. The summed E-state index contributed by atoms with van der Waals surface area (Å²) in [4.78, 5) is 9.00. The van der Waals surface area contributed by atoms with Gasteiger partial charge < -0.3 is 10.2 Å². The summed E-state index contributed by atoms with van der Waals surface area (Å²) < 4.78 is 0. The number of aliphatic hydroxyl groups is 1. The Bertz CT molecular complexity index is 102. The molecule has 66 valence electrons. The topological polar surface area (TPSA) is 57.5 Å². The van der Waals surface area contributed by atoms with Crippen molar-refractivity contribution in [2.75, 3.05) is 6.61 Å². The molecule has 0 saturated heterocycles. The van der Waals surface area contributed by atoms with Gasteiger partial charge in [-0.1, -0.05) is 12.8 Å². The molecule has 0 aromatic carbocycles. The molecule has 1 fully saturated rings. The molecule has 0 bridgehead atoms. The van der Waals surface area contributed by atoms with E-state index in [1.807, 2.05) is 0 Å². The predicted octanol–water partition coefficient (Wildman–Crippen LogP) is 1.26. The molecule has 0 aliphatic heterocycles. The van der Waals surface area contributed by atoms with Gasteiger partial charge in [-0.05, 0) is 18.8 Å². The molecule has 0 spiro atoms. The summed E-state index contributed by atoms with van der Waals surface area (Å²) in [5, 5.41) is 16.0. The van der Waals surface area contributed by atoms with Crippen molar-refractivity contribution in [1.29, 1.82) is 0 Å². The van der Waals surface area contributed by atoms with Crippen LogP contribution in [0.5, 0.6) is 0 Å². The summed E-state index contributed by atoms with van der Waals surface area (Å²) in [6.07, 6.45) is 5.20. The van der Waals surface area contributed by atoms with Crippen LogP contribution in [0.15, 0.2) is 0 Å². The van der Waals surface area contributed by atoms with Gasteiger partial charge in [-0.25, -0.2) is 0 Å². The van der Waals surface area contributed by atoms with Crippen LogP contribution in [0.25, 0.3) is 0 Å². The van der Waals surface area contributed by atoms with Gasteiger partial charge in [-0.3, -0.25) is 4.79 Å². The van der Waals surface area contributed by atoms with Gasteiger partial charge in [0.25, 0.3) is 5.97 Å². The minimum atomic E-state index is -0.833. The van der Waals surface area contributed by atoms with E-state index in [1.54, 1.807) is 0 Å². The molecule has 1 aliphatic carbocycles. The van der Waals surface area contributed by atoms with Crippen LogP contribution in [-0.2, 0) is 4.79 Å². The SMILES string of the molecule is CC(=O)O.OCC1CCCC1. The number of hydrogen-bond acceptors (Lipinski definition) is 2. The molecule has 0 aromatic rings. The van der Waals surface area contributed by atoms with Crippen LogP contribution in [0.3, 0.4) is 0 Å². The van der Waals surface area contributed by atoms with E-state index in [-0.39, 0.29) is 0 Å². The van der Waals surface area contributed by atoms with Crippen LogP contribution in [0.1, 0.15) is 32.6 Å². The smallest absolute Gasteiger partial charge is 0.300 e. The lowest BCUT2D eigenvalue weighted by Gasteiger charge is -1.98. The van der Waals surface area contributed by atoms with E-state index in [9.17, 15) is 0 Å². The first-order valence-electron chi connectivity index (χ1n) is 3.97. The summed E-state index contributed by atoms with van der Waals surface area (Å²) in [6, 6.07) is 0. The first-order valence-corrected chi connectivity index (χ1v) is 3.97. The standard InChI is InChI=1S/C6H12O.C2H4O2/c7-5-6-3-1-2-4-6;1-2(3)4/h6-7H,1-5H2;1H3,(H,3,4). The van der Waals surface area contributed by atoms with Crippen LogP contribution in [-0.4, -0.2) is 22.8 Å². The maximum Gasteiger partial charge on any atom is 0.300 e. The van der Waals surface area contributed by atoms with Crippen molar-refractivity contribution in [3.05, 3.63) is 0 Å². The first-order chi connectivity index (χ1) is 5.16. The summed E-state index contributed by atoms with van der Waals surface area (Å²) in [6.45, 7) is 1.50. The Kier molecular flexibility index (Phi) is 5.84. The average Bonchev–Trinajstić information content (AvgIpc) is 2.36. The zero-order valence-corrected chi connectivity index (χ0v) is 6.92. The van der Waals surface area contributed by atoms with E-state index in [0.29, 0.717) is 12.5 Å². The lowest BCUT2D eigenvalue weighted by atomic mass is 10.1. The molecule has 11 heavy (non-hydrogen) atoms. The third kappa shape index (κ3) is 7.33. The van der Waals surface area contributed by atoms with Gasteiger partial charge in [0.15, 0.2) is 0 Å².